The summed E-state index contributed by atoms with van der Waals surface area (Å²) in [6, 6.07) is 0. The molecule has 0 aromatic heterocycles. The molecule has 0 aliphatic heterocycles. The molecule has 0 heterocycles. The van der Waals surface area contributed by atoms with Crippen molar-refractivity contribution < 1.29 is 20.3 Å². The van der Waals surface area contributed by atoms with Crippen LogP contribution in [-0.2, 0) is 0 Å². The molecular formula is C2H2N4O6. The Morgan fingerprint density at radius 1 is 1.00 bits per heavy atom. The van der Waals surface area contributed by atoms with Gasteiger partial charge in [-0.15, -0.1) is 0 Å². The van der Waals surface area contributed by atoms with Crippen LogP contribution in [0.15, 0.2) is 10.3 Å². The van der Waals surface area contributed by atoms with Crippen molar-refractivity contribution in [3.05, 3.63) is 20.2 Å². The molecule has 0 aromatic carbocycles. The lowest BCUT2D eigenvalue weighted by molar-refractivity contribution is -0.381. The van der Waals surface area contributed by atoms with E-state index in [0.717, 1.165) is 0 Å². The van der Waals surface area contributed by atoms with E-state index in [4.69, 9.17) is 10.4 Å². The Labute approximate surface area is 63.7 Å². The molecule has 0 aliphatic rings. The zero-order valence-corrected chi connectivity index (χ0v) is 5.32. The van der Waals surface area contributed by atoms with Crippen LogP contribution in [0, 0.1) is 20.2 Å². The van der Waals surface area contributed by atoms with E-state index < -0.39 is 21.5 Å². The lowest BCUT2D eigenvalue weighted by Gasteiger charge is -1.91. The number of hydrogen-bond donors (Lipinski definition) is 2. The summed E-state index contributed by atoms with van der Waals surface area (Å²) in [6.07, 6.45) is 0. The number of nitrogens with zero attached hydrogens (tertiary/aromatic N) is 4. The van der Waals surface area contributed by atoms with Crippen molar-refractivity contribution in [1.82, 2.24) is 0 Å². The Hall–Kier alpha value is -2.26. The van der Waals surface area contributed by atoms with Crippen molar-refractivity contribution in [2.45, 2.75) is 0 Å². The van der Waals surface area contributed by atoms with Crippen LogP contribution in [0.3, 0.4) is 0 Å². The standard InChI is InChI=1S/C2H2N4O6/c7-3-1(5(9)10)2(4-8)6(11)12/h7-8H. The van der Waals surface area contributed by atoms with Gasteiger partial charge >= 0.3 is 11.7 Å². The van der Waals surface area contributed by atoms with E-state index in [2.05, 4.69) is 0 Å². The Morgan fingerprint density at radius 3 is 1.33 bits per heavy atom. The largest absolute Gasteiger partial charge is 0.511 e. The van der Waals surface area contributed by atoms with Crippen LogP contribution >= 0.6 is 0 Å². The van der Waals surface area contributed by atoms with Gasteiger partial charge in [0.2, 0.25) is 0 Å². The first kappa shape index (κ1) is 9.74. The molecular weight excluding hydrogens is 176 g/mol. The summed E-state index contributed by atoms with van der Waals surface area (Å²) in [4.78, 5) is 17.0. The van der Waals surface area contributed by atoms with Crippen LogP contribution in [0.5, 0.6) is 0 Å². The number of hydrogen-bond acceptors (Lipinski definition) is 8. The Morgan fingerprint density at radius 2 is 1.25 bits per heavy atom. The van der Waals surface area contributed by atoms with Crippen LogP contribution < -0.4 is 0 Å². The molecule has 12 heavy (non-hydrogen) atoms. The number of amidine groups is 2. The van der Waals surface area contributed by atoms with Crippen LogP contribution in [0.4, 0.5) is 0 Å². The molecule has 0 aromatic rings. The van der Waals surface area contributed by atoms with Gasteiger partial charge in [-0.2, -0.15) is 0 Å². The molecule has 0 spiro atoms. The second-order valence-electron chi connectivity index (χ2n) is 1.36. The zero-order chi connectivity index (χ0) is 9.72. The van der Waals surface area contributed by atoms with Gasteiger partial charge < -0.3 is 30.6 Å². The van der Waals surface area contributed by atoms with Crippen LogP contribution in [0.1, 0.15) is 0 Å². The molecule has 0 saturated heterocycles. The predicted octanol–water partition coefficient (Wildman–Crippen LogP) is -0.885. The molecule has 10 nitrogen and oxygen atoms in total. The third-order valence-electron chi connectivity index (χ3n) is 0.735. The van der Waals surface area contributed by atoms with Gasteiger partial charge in [0, 0.05) is 0 Å². The molecule has 0 atom stereocenters. The zero-order valence-electron chi connectivity index (χ0n) is 5.32. The normalized spacial score (nSPS) is 12.7. The molecule has 2 N–H and O–H groups in total. The minimum Gasteiger partial charge on any atom is -0.357 e. The quantitative estimate of drug-likeness (QED) is 0.161. The fourth-order valence-electron chi connectivity index (χ4n) is 0.326. The minimum atomic E-state index is -1.54. The van der Waals surface area contributed by atoms with Gasteiger partial charge in [0.25, 0.3) is 0 Å². The summed E-state index contributed by atoms with van der Waals surface area (Å²) in [5.74, 6) is -3.08. The van der Waals surface area contributed by atoms with E-state index in [0.29, 0.717) is 0 Å². The van der Waals surface area contributed by atoms with E-state index in [1.54, 1.807) is 0 Å². The summed E-state index contributed by atoms with van der Waals surface area (Å²) in [6.45, 7) is 0. The average molecular weight is 178 g/mol. The highest BCUT2D eigenvalue weighted by Gasteiger charge is 2.35. The molecule has 0 saturated carbocycles. The number of oxime groups is 2. The molecule has 0 fully saturated rings. The van der Waals surface area contributed by atoms with Crippen molar-refractivity contribution in [2.75, 3.05) is 0 Å². The molecule has 66 valence electrons. The average Bonchev–Trinajstić information content (AvgIpc) is 1.98. The first-order chi connectivity index (χ1) is 5.54. The van der Waals surface area contributed by atoms with Gasteiger partial charge in [-0.25, -0.2) is 0 Å². The lowest BCUT2D eigenvalue weighted by Crippen LogP contribution is -2.29. The van der Waals surface area contributed by atoms with Crippen molar-refractivity contribution in [3.63, 3.8) is 0 Å². The highest BCUT2D eigenvalue weighted by Crippen LogP contribution is 1.87. The smallest absolute Gasteiger partial charge is 0.357 e. The second-order valence-corrected chi connectivity index (χ2v) is 1.36. The summed E-state index contributed by atoms with van der Waals surface area (Å²) >= 11 is 0. The van der Waals surface area contributed by atoms with Crippen molar-refractivity contribution in [2.24, 2.45) is 10.3 Å². The first-order valence-corrected chi connectivity index (χ1v) is 2.27. The lowest BCUT2D eigenvalue weighted by atomic mass is 10.5. The fourth-order valence-corrected chi connectivity index (χ4v) is 0.326. The van der Waals surface area contributed by atoms with Gasteiger partial charge in [-0.1, -0.05) is 0 Å². The molecule has 0 amide bonds. The van der Waals surface area contributed by atoms with Crippen LogP contribution in [0.2, 0.25) is 0 Å². The minimum absolute atomic E-state index is 1.36. The van der Waals surface area contributed by atoms with E-state index >= 15 is 0 Å². The molecule has 10 heteroatoms. The topological polar surface area (TPSA) is 151 Å². The third kappa shape index (κ3) is 1.86. The Balaban J connectivity index is 4.99. The summed E-state index contributed by atoms with van der Waals surface area (Å²) in [7, 11) is 0. The summed E-state index contributed by atoms with van der Waals surface area (Å²) in [5.41, 5.74) is 0. The van der Waals surface area contributed by atoms with Crippen LogP contribution in [-0.4, -0.2) is 31.9 Å². The summed E-state index contributed by atoms with van der Waals surface area (Å²) in [5, 5.41) is 39.4. The summed E-state index contributed by atoms with van der Waals surface area (Å²) < 4.78 is 0. The molecule has 0 unspecified atom stereocenters. The van der Waals surface area contributed by atoms with E-state index in [9.17, 15) is 20.2 Å². The number of rotatable bonds is 0. The second kappa shape index (κ2) is 3.80. The predicted molar refractivity (Wildman–Crippen MR) is 32.4 cm³/mol. The maximum atomic E-state index is 9.85. The van der Waals surface area contributed by atoms with Gasteiger partial charge in [-0.3, -0.25) is 0 Å². The van der Waals surface area contributed by atoms with Gasteiger partial charge in [0.15, 0.2) is 10.3 Å². The molecule has 0 rings (SSSR count). The Kier molecular flexibility index (Phi) is 3.08. The Bertz CT molecular complexity index is 239. The molecule has 0 aliphatic carbocycles. The van der Waals surface area contributed by atoms with E-state index in [1.807, 2.05) is 10.3 Å². The van der Waals surface area contributed by atoms with Gasteiger partial charge in [0.1, 0.15) is 0 Å². The number of nitro groups is 2. The van der Waals surface area contributed by atoms with Crippen molar-refractivity contribution in [1.29, 1.82) is 0 Å². The highest BCUT2D eigenvalue weighted by atomic mass is 16.7. The van der Waals surface area contributed by atoms with Crippen molar-refractivity contribution in [3.8, 4) is 0 Å². The van der Waals surface area contributed by atoms with Gasteiger partial charge in [-0.05, 0) is 9.85 Å². The maximum absolute atomic E-state index is 9.85. The third-order valence-corrected chi connectivity index (χ3v) is 0.735. The maximum Gasteiger partial charge on any atom is 0.511 e. The SMILES string of the molecule is O=[N+]([O-])C(=NO)C(=NO)[N+](=O)[O-]. The highest BCUT2D eigenvalue weighted by molar-refractivity contribution is 6.32. The molecule has 0 bridgehead atoms. The monoisotopic (exact) mass is 178 g/mol. The molecule has 0 radical (unpaired) electrons. The fraction of sp³-hybridized carbons (Fsp3) is 0. The first-order valence-electron chi connectivity index (χ1n) is 2.27. The van der Waals surface area contributed by atoms with Crippen LogP contribution in [0.25, 0.3) is 0 Å². The van der Waals surface area contributed by atoms with Crippen molar-refractivity contribution >= 4 is 11.7 Å². The van der Waals surface area contributed by atoms with Gasteiger partial charge in [0.05, 0.1) is 0 Å². The van der Waals surface area contributed by atoms with E-state index in [-0.39, 0.29) is 0 Å². The van der Waals surface area contributed by atoms with E-state index in [1.165, 1.54) is 0 Å².